The molecule has 0 amide bonds. The largest absolute Gasteiger partial charge is 0.488 e. The Morgan fingerprint density at radius 2 is 2.14 bits per heavy atom. The minimum atomic E-state index is -3.58. The third-order valence-electron chi connectivity index (χ3n) is 3.54. The van der Waals surface area contributed by atoms with Crippen LogP contribution in [0.2, 0.25) is 0 Å². The van der Waals surface area contributed by atoms with Gasteiger partial charge in [-0.25, -0.2) is 13.1 Å². The van der Waals surface area contributed by atoms with Crippen LogP contribution in [0.1, 0.15) is 17.0 Å². The van der Waals surface area contributed by atoms with E-state index in [0.717, 1.165) is 11.3 Å². The molecule has 7 heteroatoms. The van der Waals surface area contributed by atoms with E-state index in [9.17, 15) is 8.42 Å². The van der Waals surface area contributed by atoms with E-state index in [1.165, 1.54) is 0 Å². The van der Waals surface area contributed by atoms with Crippen molar-refractivity contribution in [1.29, 1.82) is 0 Å². The first kappa shape index (κ1) is 14.1. The summed E-state index contributed by atoms with van der Waals surface area (Å²) >= 11 is 0. The molecule has 3 rings (SSSR count). The predicted molar refractivity (Wildman–Crippen MR) is 77.8 cm³/mol. The fourth-order valence-electron chi connectivity index (χ4n) is 2.58. The molecule has 1 atom stereocenters. The van der Waals surface area contributed by atoms with Gasteiger partial charge in [0, 0.05) is 13.0 Å². The van der Waals surface area contributed by atoms with Gasteiger partial charge in [-0.2, -0.15) is 5.10 Å². The van der Waals surface area contributed by atoms with Gasteiger partial charge in [-0.3, -0.25) is 5.10 Å². The Bertz CT molecular complexity index is 723. The first-order valence-corrected chi connectivity index (χ1v) is 8.21. The molecule has 2 heterocycles. The maximum atomic E-state index is 12.3. The molecule has 0 radical (unpaired) electrons. The van der Waals surface area contributed by atoms with Crippen LogP contribution in [0.15, 0.2) is 29.2 Å². The second kappa shape index (κ2) is 5.16. The molecule has 0 saturated carbocycles. The van der Waals surface area contributed by atoms with E-state index >= 15 is 0 Å². The van der Waals surface area contributed by atoms with Crippen molar-refractivity contribution in [2.45, 2.75) is 31.3 Å². The number of hydrogen-bond donors (Lipinski definition) is 2. The molecule has 1 aromatic heterocycles. The summed E-state index contributed by atoms with van der Waals surface area (Å²) in [5, 5.41) is 6.60. The summed E-state index contributed by atoms with van der Waals surface area (Å²) in [6.45, 7) is 3.59. The zero-order valence-corrected chi connectivity index (χ0v) is 12.7. The van der Waals surface area contributed by atoms with Crippen molar-refractivity contribution in [3.8, 4) is 5.75 Å². The van der Waals surface area contributed by atoms with Crippen molar-refractivity contribution in [1.82, 2.24) is 14.9 Å². The van der Waals surface area contributed by atoms with Gasteiger partial charge in [-0.1, -0.05) is 18.2 Å². The van der Waals surface area contributed by atoms with Gasteiger partial charge in [0.05, 0.1) is 11.4 Å². The molecule has 1 aliphatic rings. The molecular formula is C14H17N3O3S. The van der Waals surface area contributed by atoms with E-state index in [4.69, 9.17) is 4.74 Å². The lowest BCUT2D eigenvalue weighted by molar-refractivity contribution is 0.236. The van der Waals surface area contributed by atoms with E-state index < -0.39 is 10.0 Å². The third-order valence-corrected chi connectivity index (χ3v) is 5.23. The van der Waals surface area contributed by atoms with Crippen LogP contribution < -0.4 is 9.46 Å². The highest BCUT2D eigenvalue weighted by atomic mass is 32.2. The van der Waals surface area contributed by atoms with Gasteiger partial charge in [0.1, 0.15) is 16.7 Å². The number of nitrogens with zero attached hydrogens (tertiary/aromatic N) is 1. The van der Waals surface area contributed by atoms with Gasteiger partial charge < -0.3 is 4.74 Å². The highest BCUT2D eigenvalue weighted by Crippen LogP contribution is 2.28. The Morgan fingerprint density at radius 1 is 1.38 bits per heavy atom. The Labute approximate surface area is 123 Å². The predicted octanol–water partition coefficient (Wildman–Crippen LogP) is 1.31. The summed E-state index contributed by atoms with van der Waals surface area (Å²) < 4.78 is 33.0. The lowest BCUT2D eigenvalue weighted by atomic mass is 10.1. The Morgan fingerprint density at radius 3 is 2.81 bits per heavy atom. The van der Waals surface area contributed by atoms with E-state index in [1.807, 2.05) is 24.3 Å². The monoisotopic (exact) mass is 307 g/mol. The number of aromatic nitrogens is 2. The van der Waals surface area contributed by atoms with Crippen molar-refractivity contribution in [2.75, 3.05) is 6.54 Å². The zero-order valence-electron chi connectivity index (χ0n) is 11.9. The highest BCUT2D eigenvalue weighted by Gasteiger charge is 2.27. The Kier molecular flexibility index (Phi) is 3.46. The van der Waals surface area contributed by atoms with Crippen LogP contribution in [0.3, 0.4) is 0 Å². The number of ether oxygens (including phenoxy) is 1. The van der Waals surface area contributed by atoms with Crippen LogP contribution in [-0.4, -0.2) is 31.3 Å². The molecule has 0 saturated heterocycles. The second-order valence-electron chi connectivity index (χ2n) is 5.17. The fraction of sp³-hybridized carbons (Fsp3) is 0.357. The smallest absolute Gasteiger partial charge is 0.244 e. The molecule has 0 fully saturated rings. The molecule has 0 aliphatic carbocycles. The maximum Gasteiger partial charge on any atom is 0.244 e. The molecule has 0 bridgehead atoms. The standard InChI is InChI=1S/C14H17N3O3S/c1-9-14(10(2)17-16-9)21(18,19)15-8-12-7-11-5-3-4-6-13(11)20-12/h3-6,12,15H,7-8H2,1-2H3,(H,16,17). The first-order chi connectivity index (χ1) is 9.97. The number of aryl methyl sites for hydroxylation is 2. The number of aromatic amines is 1. The Hall–Kier alpha value is -1.86. The normalized spacial score (nSPS) is 17.5. The van der Waals surface area contributed by atoms with Crippen molar-refractivity contribution in [2.24, 2.45) is 0 Å². The van der Waals surface area contributed by atoms with Crippen LogP contribution in [0.4, 0.5) is 0 Å². The maximum absolute atomic E-state index is 12.3. The number of sulfonamides is 1. The van der Waals surface area contributed by atoms with E-state index in [2.05, 4.69) is 14.9 Å². The Balaban J connectivity index is 1.69. The molecule has 21 heavy (non-hydrogen) atoms. The van der Waals surface area contributed by atoms with Crippen molar-refractivity contribution in [3.05, 3.63) is 41.2 Å². The number of para-hydroxylation sites is 1. The minimum absolute atomic E-state index is 0.176. The molecular weight excluding hydrogens is 290 g/mol. The van der Waals surface area contributed by atoms with Crippen LogP contribution in [0.25, 0.3) is 0 Å². The molecule has 6 nitrogen and oxygen atoms in total. The molecule has 2 aromatic rings. The average Bonchev–Trinajstić information content (AvgIpc) is 3.00. The summed E-state index contributed by atoms with van der Waals surface area (Å²) in [4.78, 5) is 0.220. The zero-order chi connectivity index (χ0) is 15.0. The van der Waals surface area contributed by atoms with Gasteiger partial charge in [0.2, 0.25) is 10.0 Å². The number of H-pyrrole nitrogens is 1. The van der Waals surface area contributed by atoms with Gasteiger partial charge in [0.15, 0.2) is 0 Å². The number of hydrogen-bond acceptors (Lipinski definition) is 4. The summed E-state index contributed by atoms with van der Waals surface area (Å²) in [5.74, 6) is 0.831. The van der Waals surface area contributed by atoms with Gasteiger partial charge in [-0.15, -0.1) is 0 Å². The van der Waals surface area contributed by atoms with E-state index in [0.29, 0.717) is 17.8 Å². The average molecular weight is 307 g/mol. The number of rotatable bonds is 4. The topological polar surface area (TPSA) is 84.1 Å². The molecule has 2 N–H and O–H groups in total. The summed E-state index contributed by atoms with van der Waals surface area (Å²) in [7, 11) is -3.58. The molecule has 0 spiro atoms. The lowest BCUT2D eigenvalue weighted by Gasteiger charge is -2.12. The lowest BCUT2D eigenvalue weighted by Crippen LogP contribution is -2.34. The van der Waals surface area contributed by atoms with Crippen LogP contribution in [-0.2, 0) is 16.4 Å². The van der Waals surface area contributed by atoms with E-state index in [1.54, 1.807) is 13.8 Å². The van der Waals surface area contributed by atoms with Gasteiger partial charge in [-0.05, 0) is 25.5 Å². The number of nitrogens with one attached hydrogen (secondary N) is 2. The van der Waals surface area contributed by atoms with Gasteiger partial charge >= 0.3 is 0 Å². The van der Waals surface area contributed by atoms with Crippen molar-refractivity contribution >= 4 is 10.0 Å². The number of fused-ring (bicyclic) bond motifs is 1. The highest BCUT2D eigenvalue weighted by molar-refractivity contribution is 7.89. The quantitative estimate of drug-likeness (QED) is 0.892. The first-order valence-electron chi connectivity index (χ1n) is 6.73. The van der Waals surface area contributed by atoms with Crippen LogP contribution in [0.5, 0.6) is 5.75 Å². The van der Waals surface area contributed by atoms with Crippen molar-refractivity contribution in [3.63, 3.8) is 0 Å². The van der Waals surface area contributed by atoms with Crippen molar-refractivity contribution < 1.29 is 13.2 Å². The summed E-state index contributed by atoms with van der Waals surface area (Å²) in [6.07, 6.45) is 0.534. The minimum Gasteiger partial charge on any atom is -0.488 e. The van der Waals surface area contributed by atoms with Crippen LogP contribution in [0, 0.1) is 13.8 Å². The van der Waals surface area contributed by atoms with E-state index in [-0.39, 0.29) is 17.5 Å². The number of benzene rings is 1. The van der Waals surface area contributed by atoms with Crippen LogP contribution >= 0.6 is 0 Å². The molecule has 1 unspecified atom stereocenters. The molecule has 1 aliphatic heterocycles. The fourth-order valence-corrected chi connectivity index (χ4v) is 4.01. The molecule has 112 valence electrons. The second-order valence-corrected chi connectivity index (χ2v) is 6.87. The summed E-state index contributed by atoms with van der Waals surface area (Å²) in [5.41, 5.74) is 2.11. The SMILES string of the molecule is Cc1n[nH]c(C)c1S(=O)(=O)NCC1Cc2ccccc2O1. The van der Waals surface area contributed by atoms with Gasteiger partial charge in [0.25, 0.3) is 0 Å². The molecule has 1 aromatic carbocycles. The summed E-state index contributed by atoms with van der Waals surface area (Å²) in [6, 6.07) is 7.75. The third kappa shape index (κ3) is 2.66.